The number of carbonyl (C=O) groups is 1. The molecule has 0 N–H and O–H groups in total. The summed E-state index contributed by atoms with van der Waals surface area (Å²) in [5.74, 6) is 0.348. The molecule has 0 radical (unpaired) electrons. The molecule has 5 nitrogen and oxygen atoms in total. The van der Waals surface area contributed by atoms with Crippen LogP contribution < -0.4 is 4.18 Å². The van der Waals surface area contributed by atoms with Crippen molar-refractivity contribution in [3.05, 3.63) is 59.8 Å². The van der Waals surface area contributed by atoms with E-state index in [2.05, 4.69) is 0 Å². The number of carbonyl (C=O) groups excluding carboxylic acids is 1. The number of aryl methyl sites for hydroxylation is 2. The van der Waals surface area contributed by atoms with Crippen LogP contribution in [0, 0.1) is 6.92 Å². The molecular weight excluding hydrogens is 326 g/mol. The normalized spacial score (nSPS) is 14.1. The summed E-state index contributed by atoms with van der Waals surface area (Å²) in [5.41, 5.74) is 2.56. The van der Waals surface area contributed by atoms with Crippen molar-refractivity contribution in [2.75, 3.05) is 0 Å². The quantitative estimate of drug-likeness (QED) is 0.686. The average molecular weight is 341 g/mol. The fourth-order valence-corrected chi connectivity index (χ4v) is 3.92. The highest BCUT2D eigenvalue weighted by molar-refractivity contribution is 7.87. The molecule has 0 fully saturated rings. The summed E-state index contributed by atoms with van der Waals surface area (Å²) in [6.45, 7) is 2.55. The van der Waals surface area contributed by atoms with Gasteiger partial charge in [0.25, 0.3) is 0 Å². The smallest absolute Gasteiger partial charge is 0.339 e. The second-order valence-corrected chi connectivity index (χ2v) is 7.47. The van der Waals surface area contributed by atoms with Crippen LogP contribution in [0.5, 0.6) is 5.75 Å². The van der Waals surface area contributed by atoms with Crippen LogP contribution >= 0.6 is 0 Å². The Bertz CT molecular complexity index is 1060. The van der Waals surface area contributed by atoms with Crippen molar-refractivity contribution < 1.29 is 17.4 Å². The Kier molecular flexibility index (Phi) is 3.25. The topological polar surface area (TPSA) is 65.4 Å². The van der Waals surface area contributed by atoms with E-state index in [0.29, 0.717) is 18.7 Å². The molecule has 1 aliphatic heterocycles. The van der Waals surface area contributed by atoms with Crippen molar-refractivity contribution in [2.45, 2.75) is 24.8 Å². The maximum Gasteiger partial charge on any atom is 0.339 e. The number of hydrogen-bond acceptors (Lipinski definition) is 4. The average Bonchev–Trinajstić information content (AvgIpc) is 3.07. The third-order valence-corrected chi connectivity index (χ3v) is 5.50. The van der Waals surface area contributed by atoms with E-state index in [9.17, 15) is 13.2 Å². The summed E-state index contributed by atoms with van der Waals surface area (Å²) in [4.78, 5) is 11.9. The first-order valence-corrected chi connectivity index (χ1v) is 9.02. The van der Waals surface area contributed by atoms with Gasteiger partial charge in [0.2, 0.25) is 0 Å². The number of aromatic nitrogens is 1. The molecule has 4 rings (SSSR count). The van der Waals surface area contributed by atoms with E-state index in [4.69, 9.17) is 4.18 Å². The summed E-state index contributed by atoms with van der Waals surface area (Å²) in [6, 6.07) is 13.3. The summed E-state index contributed by atoms with van der Waals surface area (Å²) in [7, 11) is -3.88. The third kappa shape index (κ3) is 2.39. The van der Waals surface area contributed by atoms with Crippen molar-refractivity contribution in [1.29, 1.82) is 0 Å². The van der Waals surface area contributed by atoms with Crippen LogP contribution in [0.25, 0.3) is 10.9 Å². The van der Waals surface area contributed by atoms with Crippen LogP contribution in [0.4, 0.5) is 0 Å². The Morgan fingerprint density at radius 2 is 1.79 bits per heavy atom. The standard InChI is InChI=1S/C18H15NO4S/c1-12-2-5-15(6-3-12)24(21,22)23-14-4-7-16-13(10-14)11-17-18(20)8-9-19(16)17/h2-7,10-11H,8-9H2,1H3. The lowest BCUT2D eigenvalue weighted by molar-refractivity contribution is 0.0994. The molecule has 1 aromatic heterocycles. The van der Waals surface area contributed by atoms with Gasteiger partial charge in [-0.15, -0.1) is 0 Å². The predicted octanol–water partition coefficient (Wildman–Crippen LogP) is 3.30. The Morgan fingerprint density at radius 3 is 2.54 bits per heavy atom. The summed E-state index contributed by atoms with van der Waals surface area (Å²) < 4.78 is 31.9. The SMILES string of the molecule is Cc1ccc(S(=O)(=O)Oc2ccc3c(c2)cc2n3CCC2=O)cc1. The molecule has 6 heteroatoms. The maximum absolute atomic E-state index is 12.4. The van der Waals surface area contributed by atoms with Gasteiger partial charge < -0.3 is 8.75 Å². The van der Waals surface area contributed by atoms with Gasteiger partial charge in [-0.05, 0) is 43.3 Å². The van der Waals surface area contributed by atoms with Crippen LogP contribution in [0.2, 0.25) is 0 Å². The molecule has 3 aromatic rings. The van der Waals surface area contributed by atoms with Crippen molar-refractivity contribution in [3.63, 3.8) is 0 Å². The lowest BCUT2D eigenvalue weighted by Gasteiger charge is -2.08. The second kappa shape index (κ2) is 5.21. The van der Waals surface area contributed by atoms with Crippen LogP contribution in [0.3, 0.4) is 0 Å². The third-order valence-electron chi connectivity index (χ3n) is 4.24. The molecule has 0 bridgehead atoms. The lowest BCUT2D eigenvalue weighted by Crippen LogP contribution is -2.09. The fourth-order valence-electron chi connectivity index (χ4n) is 2.99. The lowest BCUT2D eigenvalue weighted by atomic mass is 10.2. The van der Waals surface area contributed by atoms with E-state index in [0.717, 1.165) is 16.5 Å². The number of ketones is 1. The first kappa shape index (κ1) is 15.0. The Hall–Kier alpha value is -2.60. The van der Waals surface area contributed by atoms with Crippen molar-refractivity contribution in [3.8, 4) is 5.75 Å². The molecule has 0 spiro atoms. The number of hydrogen-bond donors (Lipinski definition) is 0. The molecule has 24 heavy (non-hydrogen) atoms. The van der Waals surface area contributed by atoms with Gasteiger partial charge in [0, 0.05) is 23.9 Å². The van der Waals surface area contributed by atoms with Crippen LogP contribution in [-0.4, -0.2) is 18.8 Å². The van der Waals surface area contributed by atoms with E-state index in [1.165, 1.54) is 12.1 Å². The molecule has 1 aliphatic rings. The zero-order chi connectivity index (χ0) is 16.9. The first-order valence-electron chi connectivity index (χ1n) is 7.62. The van der Waals surface area contributed by atoms with E-state index in [-0.39, 0.29) is 16.4 Å². The van der Waals surface area contributed by atoms with Crippen LogP contribution in [0.15, 0.2) is 53.4 Å². The van der Waals surface area contributed by atoms with Gasteiger partial charge in [-0.25, -0.2) is 0 Å². The van der Waals surface area contributed by atoms with Crippen molar-refractivity contribution in [1.82, 2.24) is 4.57 Å². The van der Waals surface area contributed by atoms with Gasteiger partial charge in [0.05, 0.1) is 5.69 Å². The number of benzene rings is 2. The van der Waals surface area contributed by atoms with Gasteiger partial charge in [0.1, 0.15) is 10.6 Å². The minimum absolute atomic E-state index is 0.112. The minimum atomic E-state index is -3.88. The Labute approximate surface area is 139 Å². The number of fused-ring (bicyclic) bond motifs is 3. The number of nitrogens with zero attached hydrogens (tertiary/aromatic N) is 1. The summed E-state index contributed by atoms with van der Waals surface area (Å²) >= 11 is 0. The second-order valence-electron chi connectivity index (χ2n) is 5.93. The Balaban J connectivity index is 1.70. The number of Topliss-reactive ketones (excluding diaryl/α,β-unsaturated/α-hetero) is 1. The molecule has 2 aromatic carbocycles. The van der Waals surface area contributed by atoms with Gasteiger partial charge in [-0.2, -0.15) is 8.42 Å². The van der Waals surface area contributed by atoms with Crippen LogP contribution in [-0.2, 0) is 16.7 Å². The molecule has 0 aliphatic carbocycles. The van der Waals surface area contributed by atoms with Gasteiger partial charge >= 0.3 is 10.1 Å². The largest absolute Gasteiger partial charge is 0.379 e. The summed E-state index contributed by atoms with van der Waals surface area (Å²) in [6.07, 6.45) is 0.519. The fraction of sp³-hybridized carbons (Fsp3) is 0.167. The zero-order valence-electron chi connectivity index (χ0n) is 13.0. The monoisotopic (exact) mass is 341 g/mol. The molecule has 0 amide bonds. The summed E-state index contributed by atoms with van der Waals surface area (Å²) in [5, 5.41) is 0.801. The van der Waals surface area contributed by atoms with E-state index >= 15 is 0 Å². The first-order chi connectivity index (χ1) is 11.4. The van der Waals surface area contributed by atoms with Gasteiger partial charge in [-0.3, -0.25) is 4.79 Å². The van der Waals surface area contributed by atoms with Crippen molar-refractivity contribution in [2.24, 2.45) is 0 Å². The van der Waals surface area contributed by atoms with E-state index in [1.54, 1.807) is 36.4 Å². The van der Waals surface area contributed by atoms with Crippen molar-refractivity contribution >= 4 is 26.8 Å². The molecule has 0 unspecified atom stereocenters. The van der Waals surface area contributed by atoms with Gasteiger partial charge in [-0.1, -0.05) is 17.7 Å². The highest BCUT2D eigenvalue weighted by atomic mass is 32.2. The Morgan fingerprint density at radius 1 is 1.04 bits per heavy atom. The molecule has 2 heterocycles. The molecule has 0 saturated carbocycles. The molecular formula is C18H15NO4S. The zero-order valence-corrected chi connectivity index (χ0v) is 13.8. The predicted molar refractivity (Wildman–Crippen MR) is 89.9 cm³/mol. The molecule has 122 valence electrons. The maximum atomic E-state index is 12.4. The molecule has 0 saturated heterocycles. The van der Waals surface area contributed by atoms with E-state index < -0.39 is 10.1 Å². The van der Waals surface area contributed by atoms with Gasteiger partial charge in [0.15, 0.2) is 5.78 Å². The minimum Gasteiger partial charge on any atom is -0.379 e. The highest BCUT2D eigenvalue weighted by Gasteiger charge is 2.23. The molecule has 0 atom stereocenters. The highest BCUT2D eigenvalue weighted by Crippen LogP contribution is 2.30. The van der Waals surface area contributed by atoms with E-state index in [1.807, 2.05) is 11.5 Å². The number of rotatable bonds is 3. The van der Waals surface area contributed by atoms with Crippen LogP contribution in [0.1, 0.15) is 22.5 Å².